The van der Waals surface area contributed by atoms with Crippen LogP contribution in [0.25, 0.3) is 0 Å². The highest BCUT2D eigenvalue weighted by Crippen LogP contribution is 2.29. The maximum absolute atomic E-state index is 13.3. The van der Waals surface area contributed by atoms with Crippen LogP contribution in [0.15, 0.2) is 42.5 Å². The van der Waals surface area contributed by atoms with Crippen LogP contribution in [0, 0.1) is 0 Å². The van der Waals surface area contributed by atoms with Gasteiger partial charge in [-0.2, -0.15) is 0 Å². The Kier molecular flexibility index (Phi) is 5.48. The van der Waals surface area contributed by atoms with Crippen molar-refractivity contribution in [1.29, 1.82) is 0 Å². The van der Waals surface area contributed by atoms with Gasteiger partial charge < -0.3 is 20.7 Å². The molecule has 3 N–H and O–H groups in total. The number of nitrogens with one attached hydrogen (secondary N) is 1. The third-order valence-corrected chi connectivity index (χ3v) is 4.67. The highest BCUT2D eigenvalue weighted by molar-refractivity contribution is 5.96. The quantitative estimate of drug-likeness (QED) is 0.616. The average molecular weight is 389 g/mol. The van der Waals surface area contributed by atoms with Gasteiger partial charge in [-0.3, -0.25) is 4.79 Å². The number of benzene rings is 2. The molecule has 148 valence electrons. The number of hydrogen-bond donors (Lipinski definition) is 2. The highest BCUT2D eigenvalue weighted by Gasteiger charge is 2.35. The number of esters is 1. The summed E-state index contributed by atoms with van der Waals surface area (Å²) in [6, 6.07) is 11.5. The zero-order valence-electron chi connectivity index (χ0n) is 15.4. The van der Waals surface area contributed by atoms with E-state index in [0.717, 1.165) is 0 Å². The highest BCUT2D eigenvalue weighted by atomic mass is 19.3. The van der Waals surface area contributed by atoms with Crippen LogP contribution in [0.1, 0.15) is 33.6 Å². The summed E-state index contributed by atoms with van der Waals surface area (Å²) in [4.78, 5) is 25.4. The van der Waals surface area contributed by atoms with Crippen LogP contribution in [0.5, 0.6) is 0 Å². The van der Waals surface area contributed by atoms with Crippen LogP contribution in [0.3, 0.4) is 0 Å². The maximum atomic E-state index is 13.3. The van der Waals surface area contributed by atoms with E-state index in [1.54, 1.807) is 36.4 Å². The number of hydrogen-bond acceptors (Lipinski definition) is 5. The molecule has 0 aromatic heterocycles. The van der Waals surface area contributed by atoms with Crippen LogP contribution in [-0.4, -0.2) is 42.9 Å². The van der Waals surface area contributed by atoms with Crippen molar-refractivity contribution in [1.82, 2.24) is 4.90 Å². The van der Waals surface area contributed by atoms with Crippen LogP contribution < -0.4 is 11.1 Å². The summed E-state index contributed by atoms with van der Waals surface area (Å²) in [6.07, 6.45) is -0.648. The predicted molar refractivity (Wildman–Crippen MR) is 102 cm³/mol. The van der Waals surface area contributed by atoms with Crippen molar-refractivity contribution in [3.05, 3.63) is 53.6 Å². The zero-order valence-corrected chi connectivity index (χ0v) is 15.4. The summed E-state index contributed by atoms with van der Waals surface area (Å²) in [7, 11) is 1.31. The molecule has 0 bridgehead atoms. The largest absolute Gasteiger partial charge is 0.465 e. The number of likely N-dealkylation sites (tertiary alicyclic amines) is 1. The first-order valence-electron chi connectivity index (χ1n) is 8.81. The molecule has 1 fully saturated rings. The lowest BCUT2D eigenvalue weighted by atomic mass is 10.0. The first-order valence-corrected chi connectivity index (χ1v) is 8.81. The molecule has 1 amide bonds. The summed E-state index contributed by atoms with van der Waals surface area (Å²) in [5, 5.41) is 3.11. The van der Waals surface area contributed by atoms with E-state index in [1.807, 2.05) is 0 Å². The topological polar surface area (TPSA) is 84.7 Å². The molecule has 0 saturated carbocycles. The number of ether oxygens (including phenoxy) is 1. The molecule has 1 aliphatic rings. The molecule has 0 unspecified atom stereocenters. The van der Waals surface area contributed by atoms with Crippen molar-refractivity contribution in [2.75, 3.05) is 31.2 Å². The SMILES string of the molecule is COC(=O)c1ccc(Nc2ccc(C(=O)N3CCC(F)(F)CC3)cc2N)cc1. The Labute approximate surface area is 161 Å². The summed E-state index contributed by atoms with van der Waals surface area (Å²) >= 11 is 0. The molecule has 1 aliphatic heterocycles. The van der Waals surface area contributed by atoms with Gasteiger partial charge in [0, 0.05) is 37.2 Å². The van der Waals surface area contributed by atoms with Crippen molar-refractivity contribution in [2.24, 2.45) is 0 Å². The first-order chi connectivity index (χ1) is 13.3. The number of amides is 1. The molecule has 2 aromatic carbocycles. The van der Waals surface area contributed by atoms with Crippen molar-refractivity contribution in [3.8, 4) is 0 Å². The number of piperidine rings is 1. The number of carbonyl (C=O) groups is 2. The number of anilines is 3. The second-order valence-electron chi connectivity index (χ2n) is 6.64. The second-order valence-corrected chi connectivity index (χ2v) is 6.64. The molecular weight excluding hydrogens is 368 g/mol. The van der Waals surface area contributed by atoms with Gasteiger partial charge in [0.25, 0.3) is 11.8 Å². The minimum atomic E-state index is -2.70. The fraction of sp³-hybridized carbons (Fsp3) is 0.300. The number of nitrogens with zero attached hydrogens (tertiary/aromatic N) is 1. The third-order valence-electron chi connectivity index (χ3n) is 4.67. The van der Waals surface area contributed by atoms with Gasteiger partial charge >= 0.3 is 5.97 Å². The standard InChI is InChI=1S/C20H21F2N3O3/c1-28-19(27)13-2-5-15(6-3-13)24-17-7-4-14(12-16(17)23)18(26)25-10-8-20(21,22)9-11-25/h2-7,12,24H,8-11,23H2,1H3. The van der Waals surface area contributed by atoms with E-state index in [-0.39, 0.29) is 31.8 Å². The molecule has 0 spiro atoms. The van der Waals surface area contributed by atoms with E-state index in [9.17, 15) is 18.4 Å². The number of carbonyl (C=O) groups excluding carboxylic acids is 2. The fourth-order valence-electron chi connectivity index (χ4n) is 2.99. The Hall–Kier alpha value is -3.16. The van der Waals surface area contributed by atoms with E-state index < -0.39 is 11.9 Å². The number of nitrogens with two attached hydrogens (primary N) is 1. The van der Waals surface area contributed by atoms with Gasteiger partial charge in [-0.15, -0.1) is 0 Å². The van der Waals surface area contributed by atoms with Crippen molar-refractivity contribution >= 4 is 28.9 Å². The molecule has 3 rings (SSSR count). The van der Waals surface area contributed by atoms with Crippen molar-refractivity contribution < 1.29 is 23.1 Å². The molecular formula is C20H21F2N3O3. The molecule has 0 atom stereocenters. The number of halogens is 2. The van der Waals surface area contributed by atoms with E-state index in [2.05, 4.69) is 10.1 Å². The Morgan fingerprint density at radius 2 is 1.68 bits per heavy atom. The van der Waals surface area contributed by atoms with Gasteiger partial charge in [-0.25, -0.2) is 13.6 Å². The lowest BCUT2D eigenvalue weighted by Crippen LogP contribution is -2.42. The summed E-state index contributed by atoms with van der Waals surface area (Å²) in [5.41, 5.74) is 8.48. The minimum absolute atomic E-state index is 0.0261. The zero-order chi connectivity index (χ0) is 20.3. The normalized spacial score (nSPS) is 15.8. The molecule has 0 radical (unpaired) electrons. The Morgan fingerprint density at radius 3 is 2.25 bits per heavy atom. The average Bonchev–Trinajstić information content (AvgIpc) is 2.69. The lowest BCUT2D eigenvalue weighted by Gasteiger charge is -2.31. The van der Waals surface area contributed by atoms with Gasteiger partial charge in [0.05, 0.1) is 24.0 Å². The van der Waals surface area contributed by atoms with E-state index in [0.29, 0.717) is 28.2 Å². The number of rotatable bonds is 4. The van der Waals surface area contributed by atoms with Gasteiger partial charge in [-0.1, -0.05) is 0 Å². The molecule has 0 aliphatic carbocycles. The van der Waals surface area contributed by atoms with Crippen molar-refractivity contribution in [2.45, 2.75) is 18.8 Å². The van der Waals surface area contributed by atoms with Gasteiger partial charge in [0.1, 0.15) is 0 Å². The van der Waals surface area contributed by atoms with Gasteiger partial charge in [-0.05, 0) is 42.5 Å². The Bertz CT molecular complexity index is 875. The third kappa shape index (κ3) is 4.39. The maximum Gasteiger partial charge on any atom is 0.337 e. The Balaban J connectivity index is 1.68. The van der Waals surface area contributed by atoms with Crippen LogP contribution >= 0.6 is 0 Å². The molecule has 1 saturated heterocycles. The molecule has 28 heavy (non-hydrogen) atoms. The Morgan fingerprint density at radius 1 is 1.07 bits per heavy atom. The molecule has 8 heteroatoms. The number of methoxy groups -OCH3 is 1. The molecule has 1 heterocycles. The monoisotopic (exact) mass is 389 g/mol. The lowest BCUT2D eigenvalue weighted by molar-refractivity contribution is -0.0494. The number of alkyl halides is 2. The summed E-state index contributed by atoms with van der Waals surface area (Å²) in [6.45, 7) is 0.0521. The first kappa shape index (κ1) is 19.6. The van der Waals surface area contributed by atoms with Crippen molar-refractivity contribution in [3.63, 3.8) is 0 Å². The summed E-state index contributed by atoms with van der Waals surface area (Å²) < 4.78 is 31.2. The second kappa shape index (κ2) is 7.84. The smallest absolute Gasteiger partial charge is 0.337 e. The van der Waals surface area contributed by atoms with E-state index in [1.165, 1.54) is 18.1 Å². The molecule has 6 nitrogen and oxygen atoms in total. The van der Waals surface area contributed by atoms with Gasteiger partial charge in [0.15, 0.2) is 0 Å². The summed E-state index contributed by atoms with van der Waals surface area (Å²) in [5.74, 6) is -3.44. The van der Waals surface area contributed by atoms with Crippen LogP contribution in [-0.2, 0) is 4.74 Å². The fourth-order valence-corrected chi connectivity index (χ4v) is 2.99. The van der Waals surface area contributed by atoms with E-state index >= 15 is 0 Å². The predicted octanol–water partition coefficient (Wildman–Crippen LogP) is 3.67. The molecule has 2 aromatic rings. The van der Waals surface area contributed by atoms with Crippen LogP contribution in [0.4, 0.5) is 25.8 Å². The number of nitrogen functional groups attached to an aromatic ring is 1. The van der Waals surface area contributed by atoms with Gasteiger partial charge in [0.2, 0.25) is 0 Å². The van der Waals surface area contributed by atoms with E-state index in [4.69, 9.17) is 5.73 Å². The van der Waals surface area contributed by atoms with Crippen LogP contribution in [0.2, 0.25) is 0 Å². The minimum Gasteiger partial charge on any atom is -0.465 e.